The van der Waals surface area contributed by atoms with E-state index in [4.69, 9.17) is 5.73 Å². The minimum absolute atomic E-state index is 0.581. The fourth-order valence-corrected chi connectivity index (χ4v) is 3.06. The van der Waals surface area contributed by atoms with Gasteiger partial charge in [-0.2, -0.15) is 0 Å². The minimum atomic E-state index is 0.581. The van der Waals surface area contributed by atoms with Crippen LogP contribution in [0.15, 0.2) is 29.0 Å². The molecule has 80 valence electrons. The third-order valence-corrected chi connectivity index (χ3v) is 4.00. The molecular formula is C11H9N3S2. The summed E-state index contributed by atoms with van der Waals surface area (Å²) in [4.78, 5) is 11.1. The molecule has 0 atom stereocenters. The highest BCUT2D eigenvalue weighted by molar-refractivity contribution is 7.16. The monoisotopic (exact) mass is 247 g/mol. The van der Waals surface area contributed by atoms with Crippen LogP contribution >= 0.6 is 22.7 Å². The van der Waals surface area contributed by atoms with Crippen LogP contribution in [0.25, 0.3) is 10.2 Å². The van der Waals surface area contributed by atoms with Crippen LogP contribution in [0.2, 0.25) is 0 Å². The molecule has 5 heteroatoms. The lowest BCUT2D eigenvalue weighted by Crippen LogP contribution is -1.99. The second-order valence-corrected chi connectivity index (χ2v) is 5.35. The molecule has 3 heterocycles. The van der Waals surface area contributed by atoms with Crippen molar-refractivity contribution >= 4 is 38.7 Å². The molecule has 0 fully saturated rings. The zero-order chi connectivity index (χ0) is 11.0. The molecule has 3 nitrogen and oxygen atoms in total. The molecular weight excluding hydrogens is 238 g/mol. The van der Waals surface area contributed by atoms with Gasteiger partial charge in [0.05, 0.1) is 5.39 Å². The highest BCUT2D eigenvalue weighted by atomic mass is 32.1. The third kappa shape index (κ3) is 1.68. The SMILES string of the molecule is Nc1nc(Cc2cccs2)nc2sccc12. The molecule has 0 bridgehead atoms. The largest absolute Gasteiger partial charge is 0.383 e. The van der Waals surface area contributed by atoms with Crippen molar-refractivity contribution in [3.8, 4) is 0 Å². The molecule has 0 radical (unpaired) electrons. The molecule has 0 aliphatic rings. The van der Waals surface area contributed by atoms with Crippen LogP contribution in [-0.4, -0.2) is 9.97 Å². The van der Waals surface area contributed by atoms with Crippen LogP contribution in [0, 0.1) is 0 Å². The molecule has 0 unspecified atom stereocenters. The van der Waals surface area contributed by atoms with E-state index in [1.165, 1.54) is 4.88 Å². The average molecular weight is 247 g/mol. The van der Waals surface area contributed by atoms with Gasteiger partial charge in [-0.25, -0.2) is 9.97 Å². The molecule has 3 aromatic rings. The molecule has 0 spiro atoms. The summed E-state index contributed by atoms with van der Waals surface area (Å²) in [5.74, 6) is 1.38. The van der Waals surface area contributed by atoms with Crippen molar-refractivity contribution in [2.45, 2.75) is 6.42 Å². The number of thiophene rings is 2. The summed E-state index contributed by atoms with van der Waals surface area (Å²) in [6.07, 6.45) is 0.760. The van der Waals surface area contributed by atoms with Gasteiger partial charge in [0.1, 0.15) is 16.5 Å². The van der Waals surface area contributed by atoms with Crippen molar-refractivity contribution in [1.82, 2.24) is 9.97 Å². The highest BCUT2D eigenvalue weighted by Gasteiger charge is 2.07. The Balaban J connectivity index is 2.04. The Hall–Kier alpha value is -1.46. The summed E-state index contributed by atoms with van der Waals surface area (Å²) in [5.41, 5.74) is 5.89. The first-order valence-corrected chi connectivity index (χ1v) is 6.61. The van der Waals surface area contributed by atoms with Gasteiger partial charge >= 0.3 is 0 Å². The molecule has 0 aliphatic carbocycles. The standard InChI is InChI=1S/C11H9N3S2/c12-10-8-3-5-16-11(8)14-9(13-10)6-7-2-1-4-15-7/h1-5H,6H2,(H2,12,13,14). The third-order valence-electron chi connectivity index (χ3n) is 2.31. The van der Waals surface area contributed by atoms with Gasteiger partial charge in [-0.1, -0.05) is 6.07 Å². The smallest absolute Gasteiger partial charge is 0.137 e. The minimum Gasteiger partial charge on any atom is -0.383 e. The molecule has 0 saturated carbocycles. The summed E-state index contributed by atoms with van der Waals surface area (Å²) < 4.78 is 0. The number of nitrogen functional groups attached to an aromatic ring is 1. The number of anilines is 1. The Kier molecular flexibility index (Phi) is 2.34. The van der Waals surface area contributed by atoms with E-state index in [1.807, 2.05) is 17.5 Å². The van der Waals surface area contributed by atoms with Gasteiger partial charge in [0.2, 0.25) is 0 Å². The molecule has 0 aromatic carbocycles. The average Bonchev–Trinajstić information content (AvgIpc) is 2.87. The zero-order valence-corrected chi connectivity index (χ0v) is 10.0. The van der Waals surface area contributed by atoms with E-state index in [0.717, 1.165) is 22.5 Å². The number of hydrogen-bond acceptors (Lipinski definition) is 5. The van der Waals surface area contributed by atoms with Crippen LogP contribution in [-0.2, 0) is 6.42 Å². The van der Waals surface area contributed by atoms with E-state index < -0.39 is 0 Å². The molecule has 16 heavy (non-hydrogen) atoms. The molecule has 3 aromatic heterocycles. The van der Waals surface area contributed by atoms with E-state index in [9.17, 15) is 0 Å². The normalized spacial score (nSPS) is 11.0. The predicted octanol–water partition coefficient (Wildman–Crippen LogP) is 2.93. The zero-order valence-electron chi connectivity index (χ0n) is 8.38. The Morgan fingerprint density at radius 1 is 1.12 bits per heavy atom. The maximum absolute atomic E-state index is 5.89. The molecule has 2 N–H and O–H groups in total. The van der Waals surface area contributed by atoms with E-state index >= 15 is 0 Å². The number of rotatable bonds is 2. The summed E-state index contributed by atoms with van der Waals surface area (Å²) in [6, 6.07) is 6.08. The van der Waals surface area contributed by atoms with E-state index in [2.05, 4.69) is 21.4 Å². The lowest BCUT2D eigenvalue weighted by Gasteiger charge is -2.00. The number of fused-ring (bicyclic) bond motifs is 1. The quantitative estimate of drug-likeness (QED) is 0.757. The van der Waals surface area contributed by atoms with Crippen molar-refractivity contribution < 1.29 is 0 Å². The van der Waals surface area contributed by atoms with Crippen molar-refractivity contribution in [3.63, 3.8) is 0 Å². The topological polar surface area (TPSA) is 51.8 Å². The van der Waals surface area contributed by atoms with Crippen molar-refractivity contribution in [3.05, 3.63) is 39.7 Å². The Labute approximate surface area is 101 Å². The van der Waals surface area contributed by atoms with E-state index in [0.29, 0.717) is 5.82 Å². The first-order chi connectivity index (χ1) is 7.83. The van der Waals surface area contributed by atoms with Crippen molar-refractivity contribution in [1.29, 1.82) is 0 Å². The van der Waals surface area contributed by atoms with Crippen molar-refractivity contribution in [2.75, 3.05) is 5.73 Å². The van der Waals surface area contributed by atoms with Gasteiger partial charge in [0.25, 0.3) is 0 Å². The summed E-state index contributed by atoms with van der Waals surface area (Å²) in [7, 11) is 0. The second kappa shape index (κ2) is 3.84. The first-order valence-electron chi connectivity index (χ1n) is 4.85. The summed E-state index contributed by atoms with van der Waals surface area (Å²) in [5, 5.41) is 5.01. The van der Waals surface area contributed by atoms with Crippen LogP contribution in [0.5, 0.6) is 0 Å². The highest BCUT2D eigenvalue weighted by Crippen LogP contribution is 2.24. The Morgan fingerprint density at radius 2 is 2.06 bits per heavy atom. The van der Waals surface area contributed by atoms with Gasteiger partial charge in [-0.05, 0) is 22.9 Å². The molecule has 0 amide bonds. The van der Waals surface area contributed by atoms with E-state index in [-0.39, 0.29) is 0 Å². The number of nitrogens with two attached hydrogens (primary N) is 1. The lowest BCUT2D eigenvalue weighted by atomic mass is 10.3. The number of aromatic nitrogens is 2. The summed E-state index contributed by atoms with van der Waals surface area (Å²) >= 11 is 3.31. The van der Waals surface area contributed by atoms with Crippen LogP contribution < -0.4 is 5.73 Å². The molecule has 0 saturated heterocycles. The maximum Gasteiger partial charge on any atom is 0.137 e. The van der Waals surface area contributed by atoms with Gasteiger partial charge in [0.15, 0.2) is 0 Å². The lowest BCUT2D eigenvalue weighted by molar-refractivity contribution is 1.02. The van der Waals surface area contributed by atoms with Gasteiger partial charge < -0.3 is 5.73 Å². The summed E-state index contributed by atoms with van der Waals surface area (Å²) in [6.45, 7) is 0. The van der Waals surface area contributed by atoms with Crippen molar-refractivity contribution in [2.24, 2.45) is 0 Å². The van der Waals surface area contributed by atoms with Gasteiger partial charge in [0, 0.05) is 11.3 Å². The first kappa shape index (κ1) is 9.74. The van der Waals surface area contributed by atoms with Gasteiger partial charge in [-0.3, -0.25) is 0 Å². The van der Waals surface area contributed by atoms with Crippen LogP contribution in [0.4, 0.5) is 5.82 Å². The molecule has 3 rings (SSSR count). The molecule has 0 aliphatic heterocycles. The van der Waals surface area contributed by atoms with E-state index in [1.54, 1.807) is 22.7 Å². The van der Waals surface area contributed by atoms with Crippen LogP contribution in [0.1, 0.15) is 10.7 Å². The fourth-order valence-electron chi connectivity index (χ4n) is 1.57. The van der Waals surface area contributed by atoms with Crippen LogP contribution in [0.3, 0.4) is 0 Å². The Bertz CT molecular complexity index is 613. The maximum atomic E-state index is 5.89. The van der Waals surface area contributed by atoms with Gasteiger partial charge in [-0.15, -0.1) is 22.7 Å². The fraction of sp³-hybridized carbons (Fsp3) is 0.0909. The second-order valence-electron chi connectivity index (χ2n) is 3.42. The predicted molar refractivity (Wildman–Crippen MR) is 69.0 cm³/mol. The Morgan fingerprint density at radius 3 is 2.88 bits per heavy atom. The number of nitrogens with zero attached hydrogens (tertiary/aromatic N) is 2. The number of hydrogen-bond donors (Lipinski definition) is 1.